The Morgan fingerprint density at radius 3 is 2.30 bits per heavy atom. The zero-order chi connectivity index (χ0) is 14.6. The zero-order valence-electron chi connectivity index (χ0n) is 11.4. The number of benzene rings is 1. The summed E-state index contributed by atoms with van der Waals surface area (Å²) in [6.07, 6.45) is 2.35. The van der Waals surface area contributed by atoms with Gasteiger partial charge in [0.2, 0.25) is 0 Å². The molecule has 0 aliphatic heterocycles. The molecule has 0 heterocycles. The van der Waals surface area contributed by atoms with Crippen LogP contribution < -0.4 is 10.5 Å². The number of nitrogens with two attached hydrogens (primary N) is 1. The van der Waals surface area contributed by atoms with Crippen LogP contribution in [0.15, 0.2) is 18.2 Å². The highest BCUT2D eigenvalue weighted by Crippen LogP contribution is 2.34. The normalized spacial score (nSPS) is 17.8. The number of rotatable bonds is 3. The van der Waals surface area contributed by atoms with Gasteiger partial charge in [-0.15, -0.1) is 0 Å². The van der Waals surface area contributed by atoms with Crippen LogP contribution in [0.3, 0.4) is 0 Å². The molecule has 0 atom stereocenters. The standard InChI is InChI=1S/C15H20F3NO/c16-15(17,18)14-8-7-13(9-11(14)10-19)20-12-5-3-1-2-4-6-12/h7-9,12H,1-6,10,19H2. The Kier molecular flexibility index (Phi) is 4.91. The van der Waals surface area contributed by atoms with Crippen LogP contribution in [0.25, 0.3) is 0 Å². The van der Waals surface area contributed by atoms with E-state index in [1.807, 2.05) is 0 Å². The van der Waals surface area contributed by atoms with E-state index in [0.717, 1.165) is 31.7 Å². The molecule has 20 heavy (non-hydrogen) atoms. The van der Waals surface area contributed by atoms with Crippen molar-refractivity contribution in [2.24, 2.45) is 5.73 Å². The first-order valence-electron chi connectivity index (χ1n) is 7.07. The molecule has 0 saturated heterocycles. The average molecular weight is 287 g/mol. The molecule has 1 aliphatic rings. The van der Waals surface area contributed by atoms with Gasteiger partial charge in [-0.05, 0) is 49.4 Å². The molecule has 2 N–H and O–H groups in total. The molecule has 5 heteroatoms. The smallest absolute Gasteiger partial charge is 0.416 e. The molecule has 0 radical (unpaired) electrons. The van der Waals surface area contributed by atoms with Crippen molar-refractivity contribution in [1.29, 1.82) is 0 Å². The molecule has 0 aromatic heterocycles. The highest BCUT2D eigenvalue weighted by molar-refractivity contribution is 5.37. The molecule has 0 unspecified atom stereocenters. The molecular weight excluding hydrogens is 267 g/mol. The van der Waals surface area contributed by atoms with Crippen molar-refractivity contribution in [1.82, 2.24) is 0 Å². The molecule has 1 aromatic rings. The lowest BCUT2D eigenvalue weighted by molar-refractivity contribution is -0.138. The van der Waals surface area contributed by atoms with Crippen molar-refractivity contribution in [2.75, 3.05) is 0 Å². The molecule has 1 saturated carbocycles. The monoisotopic (exact) mass is 287 g/mol. The SMILES string of the molecule is NCc1cc(OC2CCCCCC2)ccc1C(F)(F)F. The summed E-state index contributed by atoms with van der Waals surface area (Å²) in [6, 6.07) is 3.88. The predicted molar refractivity (Wildman–Crippen MR) is 71.5 cm³/mol. The number of halogens is 3. The zero-order valence-corrected chi connectivity index (χ0v) is 11.4. The van der Waals surface area contributed by atoms with E-state index in [4.69, 9.17) is 10.5 Å². The summed E-state index contributed by atoms with van der Waals surface area (Å²) in [6.45, 7) is -0.142. The van der Waals surface area contributed by atoms with Crippen LogP contribution in [0.5, 0.6) is 5.75 Å². The molecule has 112 valence electrons. The third-order valence-electron chi connectivity index (χ3n) is 3.71. The summed E-state index contributed by atoms with van der Waals surface area (Å²) in [5.41, 5.74) is 4.83. The van der Waals surface area contributed by atoms with Crippen LogP contribution in [-0.2, 0) is 12.7 Å². The molecule has 1 aliphatic carbocycles. The van der Waals surface area contributed by atoms with Crippen LogP contribution >= 0.6 is 0 Å². The Morgan fingerprint density at radius 1 is 1.10 bits per heavy atom. The fraction of sp³-hybridized carbons (Fsp3) is 0.600. The van der Waals surface area contributed by atoms with Gasteiger partial charge in [0.25, 0.3) is 0 Å². The summed E-state index contributed by atoms with van der Waals surface area (Å²) in [5, 5.41) is 0. The third kappa shape index (κ3) is 3.88. The Labute approximate surface area is 117 Å². The van der Waals surface area contributed by atoms with Crippen LogP contribution in [0.4, 0.5) is 13.2 Å². The summed E-state index contributed by atoms with van der Waals surface area (Å²) in [7, 11) is 0. The van der Waals surface area contributed by atoms with Crippen molar-refractivity contribution in [3.63, 3.8) is 0 Å². The topological polar surface area (TPSA) is 35.2 Å². The number of hydrogen-bond donors (Lipinski definition) is 1. The van der Waals surface area contributed by atoms with Crippen LogP contribution in [0.2, 0.25) is 0 Å². The summed E-state index contributed by atoms with van der Waals surface area (Å²) in [4.78, 5) is 0. The fourth-order valence-electron chi connectivity index (χ4n) is 2.64. The number of hydrogen-bond acceptors (Lipinski definition) is 2. The number of alkyl halides is 3. The van der Waals surface area contributed by atoms with Crippen LogP contribution in [0.1, 0.15) is 49.7 Å². The van der Waals surface area contributed by atoms with E-state index < -0.39 is 11.7 Å². The van der Waals surface area contributed by atoms with Gasteiger partial charge >= 0.3 is 6.18 Å². The fourth-order valence-corrected chi connectivity index (χ4v) is 2.64. The highest BCUT2D eigenvalue weighted by atomic mass is 19.4. The number of ether oxygens (including phenoxy) is 1. The van der Waals surface area contributed by atoms with Crippen molar-refractivity contribution in [3.8, 4) is 5.75 Å². The van der Waals surface area contributed by atoms with E-state index in [1.165, 1.54) is 25.0 Å². The van der Waals surface area contributed by atoms with Crippen LogP contribution in [0, 0.1) is 0 Å². The van der Waals surface area contributed by atoms with Crippen LogP contribution in [-0.4, -0.2) is 6.10 Å². The lowest BCUT2D eigenvalue weighted by Gasteiger charge is -2.19. The predicted octanol–water partition coefficient (Wildman–Crippen LogP) is 4.27. The minimum Gasteiger partial charge on any atom is -0.490 e. The van der Waals surface area contributed by atoms with E-state index in [-0.39, 0.29) is 18.2 Å². The summed E-state index contributed by atoms with van der Waals surface area (Å²) >= 11 is 0. The molecule has 0 bridgehead atoms. The minimum atomic E-state index is -4.37. The first kappa shape index (κ1) is 15.2. The maximum absolute atomic E-state index is 12.8. The van der Waals surface area contributed by atoms with Gasteiger partial charge in [0.05, 0.1) is 11.7 Å². The second kappa shape index (κ2) is 6.48. The van der Waals surface area contributed by atoms with Gasteiger partial charge in [-0.1, -0.05) is 12.8 Å². The van der Waals surface area contributed by atoms with E-state index in [9.17, 15) is 13.2 Å². The molecule has 2 nitrogen and oxygen atoms in total. The second-order valence-electron chi connectivity index (χ2n) is 5.25. The quantitative estimate of drug-likeness (QED) is 0.843. The first-order valence-corrected chi connectivity index (χ1v) is 7.07. The lowest BCUT2D eigenvalue weighted by atomic mass is 10.1. The van der Waals surface area contributed by atoms with Gasteiger partial charge in [0, 0.05) is 6.54 Å². The maximum Gasteiger partial charge on any atom is 0.416 e. The molecule has 2 rings (SSSR count). The Morgan fingerprint density at radius 2 is 1.75 bits per heavy atom. The van der Waals surface area contributed by atoms with Crippen molar-refractivity contribution < 1.29 is 17.9 Å². The Balaban J connectivity index is 2.12. The molecule has 0 amide bonds. The minimum absolute atomic E-state index is 0.0867. The van der Waals surface area contributed by atoms with E-state index in [1.54, 1.807) is 0 Å². The average Bonchev–Trinajstić information content (AvgIpc) is 2.66. The van der Waals surface area contributed by atoms with E-state index in [0.29, 0.717) is 5.75 Å². The second-order valence-corrected chi connectivity index (χ2v) is 5.25. The Hall–Kier alpha value is -1.23. The van der Waals surface area contributed by atoms with E-state index >= 15 is 0 Å². The highest BCUT2D eigenvalue weighted by Gasteiger charge is 2.33. The van der Waals surface area contributed by atoms with Gasteiger partial charge in [0.15, 0.2) is 0 Å². The largest absolute Gasteiger partial charge is 0.490 e. The van der Waals surface area contributed by atoms with Crippen molar-refractivity contribution in [3.05, 3.63) is 29.3 Å². The summed E-state index contributed by atoms with van der Waals surface area (Å²) < 4.78 is 44.2. The summed E-state index contributed by atoms with van der Waals surface area (Å²) in [5.74, 6) is 0.491. The van der Waals surface area contributed by atoms with E-state index in [2.05, 4.69) is 0 Å². The Bertz CT molecular complexity index is 437. The molecule has 1 aromatic carbocycles. The van der Waals surface area contributed by atoms with Crippen molar-refractivity contribution >= 4 is 0 Å². The molecule has 1 fully saturated rings. The molecular formula is C15H20F3NO. The maximum atomic E-state index is 12.8. The van der Waals surface area contributed by atoms with Gasteiger partial charge in [0.1, 0.15) is 5.75 Å². The molecule has 0 spiro atoms. The first-order chi connectivity index (χ1) is 9.50. The van der Waals surface area contributed by atoms with Gasteiger partial charge in [-0.3, -0.25) is 0 Å². The third-order valence-corrected chi connectivity index (χ3v) is 3.71. The lowest BCUT2D eigenvalue weighted by Crippen LogP contribution is -2.16. The van der Waals surface area contributed by atoms with Gasteiger partial charge < -0.3 is 10.5 Å². The van der Waals surface area contributed by atoms with Crippen molar-refractivity contribution in [2.45, 2.75) is 57.3 Å². The van der Waals surface area contributed by atoms with Gasteiger partial charge in [-0.25, -0.2) is 0 Å². The van der Waals surface area contributed by atoms with Gasteiger partial charge in [-0.2, -0.15) is 13.2 Å².